The maximum absolute atomic E-state index is 12.4. The molecule has 6 nitrogen and oxygen atoms in total. The molecule has 0 aliphatic rings. The molecule has 150 valence electrons. The van der Waals surface area contributed by atoms with Gasteiger partial charge in [-0.05, 0) is 23.1 Å². The molecule has 7 heteroatoms. The summed E-state index contributed by atoms with van der Waals surface area (Å²) in [5, 5.41) is 8.87. The molecule has 0 spiro atoms. The fourth-order valence-corrected chi connectivity index (χ4v) is 3.65. The molecule has 0 unspecified atom stereocenters. The first-order valence-corrected chi connectivity index (χ1v) is 10.4. The number of rotatable bonds is 8. The predicted octanol–water partition coefficient (Wildman–Crippen LogP) is 4.99. The lowest BCUT2D eigenvalue weighted by Gasteiger charge is -2.09. The quantitative estimate of drug-likeness (QED) is 0.408. The van der Waals surface area contributed by atoms with E-state index in [1.165, 1.54) is 0 Å². The number of Topliss-reactive ketones (excluding diaryl/α,β-unsaturated/α-hetero) is 1. The average molecular weight is 417 g/mol. The van der Waals surface area contributed by atoms with E-state index in [0.717, 1.165) is 10.4 Å². The lowest BCUT2D eigenvalue weighted by Crippen LogP contribution is -2.14. The van der Waals surface area contributed by atoms with Crippen LogP contribution in [0.5, 0.6) is 0 Å². The zero-order valence-corrected chi connectivity index (χ0v) is 16.9. The molecule has 1 amide bonds. The van der Waals surface area contributed by atoms with Crippen LogP contribution >= 0.6 is 11.3 Å². The Hall–Kier alpha value is -3.58. The molecule has 2 aromatic heterocycles. The molecule has 0 saturated carbocycles. The summed E-state index contributed by atoms with van der Waals surface area (Å²) in [6, 6.07) is 20.3. The number of aromatic nitrogens is 2. The van der Waals surface area contributed by atoms with E-state index in [-0.39, 0.29) is 24.5 Å². The Morgan fingerprint density at radius 3 is 2.53 bits per heavy atom. The second kappa shape index (κ2) is 9.28. The largest absolute Gasteiger partial charge is 0.339 e. The molecular formula is C23H19N3O3S. The molecule has 2 aromatic carbocycles. The normalized spacial score (nSPS) is 10.7. The number of hydrogen-bond donors (Lipinski definition) is 1. The van der Waals surface area contributed by atoms with Crippen LogP contribution < -0.4 is 5.32 Å². The summed E-state index contributed by atoms with van der Waals surface area (Å²) in [5.74, 6) is 0.767. The zero-order valence-electron chi connectivity index (χ0n) is 16.1. The number of nitrogens with one attached hydrogen (secondary N) is 1. The van der Waals surface area contributed by atoms with Gasteiger partial charge < -0.3 is 9.84 Å². The van der Waals surface area contributed by atoms with Crippen molar-refractivity contribution in [1.82, 2.24) is 10.1 Å². The van der Waals surface area contributed by atoms with Crippen LogP contribution in [0.1, 0.15) is 34.7 Å². The summed E-state index contributed by atoms with van der Waals surface area (Å²) in [4.78, 5) is 30.0. The Morgan fingerprint density at radius 2 is 1.73 bits per heavy atom. The van der Waals surface area contributed by atoms with E-state index >= 15 is 0 Å². The third-order valence-electron chi connectivity index (χ3n) is 4.52. The Kier molecular flexibility index (Phi) is 6.10. The molecule has 0 fully saturated rings. The zero-order chi connectivity index (χ0) is 20.8. The summed E-state index contributed by atoms with van der Waals surface area (Å²) in [5.41, 5.74) is 2.15. The van der Waals surface area contributed by atoms with Crippen molar-refractivity contribution in [2.45, 2.75) is 19.3 Å². The van der Waals surface area contributed by atoms with Crippen LogP contribution in [-0.4, -0.2) is 21.8 Å². The van der Waals surface area contributed by atoms with Crippen LogP contribution in [0, 0.1) is 0 Å². The monoisotopic (exact) mass is 417 g/mol. The van der Waals surface area contributed by atoms with Gasteiger partial charge in [-0.25, -0.2) is 0 Å². The number of benzene rings is 2. The van der Waals surface area contributed by atoms with Gasteiger partial charge in [-0.2, -0.15) is 4.98 Å². The molecule has 1 N–H and O–H groups in total. The van der Waals surface area contributed by atoms with Gasteiger partial charge in [-0.15, -0.1) is 11.3 Å². The predicted molar refractivity (Wildman–Crippen MR) is 115 cm³/mol. The lowest BCUT2D eigenvalue weighted by atomic mass is 10.1. The molecule has 0 atom stereocenters. The maximum atomic E-state index is 12.4. The highest BCUT2D eigenvalue weighted by Crippen LogP contribution is 2.24. The average Bonchev–Trinajstić information content (AvgIpc) is 3.46. The van der Waals surface area contributed by atoms with Crippen LogP contribution in [0.25, 0.3) is 10.7 Å². The van der Waals surface area contributed by atoms with Gasteiger partial charge in [0, 0.05) is 24.1 Å². The van der Waals surface area contributed by atoms with Gasteiger partial charge in [0.1, 0.15) is 0 Å². The molecular weight excluding hydrogens is 398 g/mol. The summed E-state index contributed by atoms with van der Waals surface area (Å²) in [6.07, 6.45) is 0.675. The number of nitrogens with zero attached hydrogens (tertiary/aromatic N) is 2. The smallest absolute Gasteiger partial charge is 0.231 e. The highest BCUT2D eigenvalue weighted by atomic mass is 32.1. The van der Waals surface area contributed by atoms with Crippen LogP contribution in [0.2, 0.25) is 0 Å². The van der Waals surface area contributed by atoms with E-state index in [1.54, 1.807) is 23.5 Å². The van der Waals surface area contributed by atoms with Crippen molar-refractivity contribution in [3.05, 3.63) is 89.1 Å². The molecule has 4 aromatic rings. The van der Waals surface area contributed by atoms with Crippen molar-refractivity contribution >= 4 is 28.7 Å². The third-order valence-corrected chi connectivity index (χ3v) is 5.38. The summed E-state index contributed by atoms with van der Waals surface area (Å²) < 4.78 is 5.37. The summed E-state index contributed by atoms with van der Waals surface area (Å²) >= 11 is 1.54. The Balaban J connectivity index is 1.38. The number of thiophene rings is 1. The minimum absolute atomic E-state index is 0.0500. The van der Waals surface area contributed by atoms with Crippen molar-refractivity contribution in [2.24, 2.45) is 0 Å². The SMILES string of the molecule is O=C(CCC(=O)c1ccccc1)Nc1ccccc1Cc1nc(-c2cccs2)no1. The minimum atomic E-state index is -0.212. The number of para-hydroxylation sites is 1. The highest BCUT2D eigenvalue weighted by molar-refractivity contribution is 7.13. The second-order valence-electron chi connectivity index (χ2n) is 6.66. The Bertz CT molecular complexity index is 1140. The van der Waals surface area contributed by atoms with E-state index in [2.05, 4.69) is 15.5 Å². The maximum Gasteiger partial charge on any atom is 0.231 e. The fourth-order valence-electron chi connectivity index (χ4n) is 3.00. The second-order valence-corrected chi connectivity index (χ2v) is 7.61. The van der Waals surface area contributed by atoms with E-state index in [9.17, 15) is 9.59 Å². The Labute approximate surface area is 177 Å². The van der Waals surface area contributed by atoms with Crippen LogP contribution in [0.3, 0.4) is 0 Å². The lowest BCUT2D eigenvalue weighted by molar-refractivity contribution is -0.116. The topological polar surface area (TPSA) is 85.1 Å². The van der Waals surface area contributed by atoms with Gasteiger partial charge in [0.05, 0.1) is 11.3 Å². The van der Waals surface area contributed by atoms with Crippen molar-refractivity contribution in [3.63, 3.8) is 0 Å². The number of ketones is 1. The van der Waals surface area contributed by atoms with Gasteiger partial charge in [0.2, 0.25) is 17.6 Å². The van der Waals surface area contributed by atoms with E-state index < -0.39 is 0 Å². The first kappa shape index (κ1) is 19.7. The van der Waals surface area contributed by atoms with Crippen molar-refractivity contribution in [3.8, 4) is 10.7 Å². The molecule has 30 heavy (non-hydrogen) atoms. The molecule has 0 saturated heterocycles. The van der Waals surface area contributed by atoms with E-state index in [1.807, 2.05) is 60.0 Å². The van der Waals surface area contributed by atoms with Gasteiger partial charge in [0.15, 0.2) is 5.78 Å². The van der Waals surface area contributed by atoms with Crippen molar-refractivity contribution in [2.75, 3.05) is 5.32 Å². The number of anilines is 1. The molecule has 0 radical (unpaired) electrons. The van der Waals surface area contributed by atoms with Gasteiger partial charge >= 0.3 is 0 Å². The molecule has 0 aliphatic heterocycles. The van der Waals surface area contributed by atoms with Crippen molar-refractivity contribution < 1.29 is 14.1 Å². The molecule has 0 bridgehead atoms. The van der Waals surface area contributed by atoms with Gasteiger partial charge in [-0.1, -0.05) is 59.8 Å². The summed E-state index contributed by atoms with van der Waals surface area (Å²) in [6.45, 7) is 0. The van der Waals surface area contributed by atoms with Crippen LogP contribution in [0.4, 0.5) is 5.69 Å². The molecule has 4 rings (SSSR count). The van der Waals surface area contributed by atoms with E-state index in [0.29, 0.717) is 29.4 Å². The van der Waals surface area contributed by atoms with Crippen molar-refractivity contribution in [1.29, 1.82) is 0 Å². The minimum Gasteiger partial charge on any atom is -0.339 e. The molecule has 0 aliphatic carbocycles. The van der Waals surface area contributed by atoms with Crippen LogP contribution in [-0.2, 0) is 11.2 Å². The third kappa shape index (κ3) is 4.87. The number of amides is 1. The number of carbonyl (C=O) groups is 2. The van der Waals surface area contributed by atoms with Gasteiger partial charge in [-0.3, -0.25) is 9.59 Å². The standard InChI is InChI=1S/C23H19N3O3S/c27-19(16-7-2-1-3-8-16)12-13-21(28)24-18-10-5-4-9-17(18)15-22-25-23(26-29-22)20-11-6-14-30-20/h1-11,14H,12-13,15H2,(H,24,28). The highest BCUT2D eigenvalue weighted by Gasteiger charge is 2.14. The van der Waals surface area contributed by atoms with Gasteiger partial charge in [0.25, 0.3) is 0 Å². The summed E-state index contributed by atoms with van der Waals surface area (Å²) in [7, 11) is 0. The van der Waals surface area contributed by atoms with E-state index in [4.69, 9.17) is 4.52 Å². The first-order valence-electron chi connectivity index (χ1n) is 9.51. The fraction of sp³-hybridized carbons (Fsp3) is 0.130. The Morgan fingerprint density at radius 1 is 0.933 bits per heavy atom. The number of carbonyl (C=O) groups excluding carboxylic acids is 2. The first-order chi connectivity index (χ1) is 14.7. The number of hydrogen-bond acceptors (Lipinski definition) is 6. The van der Waals surface area contributed by atoms with Crippen LogP contribution in [0.15, 0.2) is 76.6 Å². The molecule has 2 heterocycles.